The molecule has 0 saturated carbocycles. The Balaban J connectivity index is 1.92. The molecule has 13 heavy (non-hydrogen) atoms. The van der Waals surface area contributed by atoms with E-state index in [-0.39, 0.29) is 0 Å². The number of hydrogen-bond donors (Lipinski definition) is 0. The second-order valence-corrected chi connectivity index (χ2v) is 4.07. The van der Waals surface area contributed by atoms with Crippen LogP contribution in [0.4, 0.5) is 0 Å². The van der Waals surface area contributed by atoms with Gasteiger partial charge in [0.05, 0.1) is 6.10 Å². The molecule has 0 bridgehead atoms. The molecule has 0 aromatic heterocycles. The number of ether oxygens (including phenoxy) is 1. The lowest BCUT2D eigenvalue weighted by Gasteiger charge is -2.29. The Bertz CT molecular complexity index is 431. The van der Waals surface area contributed by atoms with Crippen molar-refractivity contribution in [3.05, 3.63) is 35.4 Å². The third-order valence-electron chi connectivity index (χ3n) is 3.41. The Kier molecular flexibility index (Phi) is 0.922. The van der Waals surface area contributed by atoms with E-state index in [1.807, 2.05) is 0 Å². The van der Waals surface area contributed by atoms with Crippen molar-refractivity contribution in [1.82, 2.24) is 0 Å². The standard InChI is InChI=1S/C12H10O/c1-2-4-8-7(3-1)9-5-6-10-12(13-10)11(8)9/h1-4,10,12H,5-6H2. The molecule has 1 aliphatic heterocycles. The van der Waals surface area contributed by atoms with Crippen molar-refractivity contribution in [3.63, 3.8) is 0 Å². The van der Waals surface area contributed by atoms with Gasteiger partial charge in [-0.05, 0) is 35.1 Å². The highest BCUT2D eigenvalue weighted by molar-refractivity contribution is 6.07. The lowest BCUT2D eigenvalue weighted by atomic mass is 9.73. The van der Waals surface area contributed by atoms with Crippen LogP contribution in [0.2, 0.25) is 0 Å². The minimum Gasteiger partial charge on any atom is -0.364 e. The van der Waals surface area contributed by atoms with Crippen LogP contribution in [-0.4, -0.2) is 12.2 Å². The van der Waals surface area contributed by atoms with Crippen molar-refractivity contribution in [3.8, 4) is 0 Å². The van der Waals surface area contributed by atoms with Gasteiger partial charge in [0.1, 0.15) is 6.10 Å². The van der Waals surface area contributed by atoms with Crippen molar-refractivity contribution in [2.24, 2.45) is 0 Å². The molecule has 1 heteroatoms. The molecule has 1 fully saturated rings. The van der Waals surface area contributed by atoms with E-state index in [0.717, 1.165) is 0 Å². The van der Waals surface area contributed by atoms with Crippen molar-refractivity contribution < 1.29 is 4.74 Å². The smallest absolute Gasteiger partial charge is 0.110 e. The first-order chi connectivity index (χ1) is 6.45. The van der Waals surface area contributed by atoms with Crippen LogP contribution in [0.1, 0.15) is 24.0 Å². The zero-order valence-corrected chi connectivity index (χ0v) is 7.29. The molecule has 1 saturated heterocycles. The van der Waals surface area contributed by atoms with Crippen LogP contribution in [0.15, 0.2) is 24.3 Å². The first-order valence-corrected chi connectivity index (χ1v) is 4.93. The van der Waals surface area contributed by atoms with Gasteiger partial charge in [-0.2, -0.15) is 0 Å². The van der Waals surface area contributed by atoms with Crippen molar-refractivity contribution in [2.45, 2.75) is 25.0 Å². The second-order valence-electron chi connectivity index (χ2n) is 4.07. The summed E-state index contributed by atoms with van der Waals surface area (Å²) in [6.07, 6.45) is 3.50. The Morgan fingerprint density at radius 1 is 1.15 bits per heavy atom. The van der Waals surface area contributed by atoms with Crippen LogP contribution in [0, 0.1) is 0 Å². The zero-order valence-electron chi connectivity index (χ0n) is 7.29. The highest BCUT2D eigenvalue weighted by Crippen LogP contribution is 2.55. The summed E-state index contributed by atoms with van der Waals surface area (Å²) in [6, 6.07) is 8.70. The predicted octanol–water partition coefficient (Wildman–Crippen LogP) is 2.47. The maximum Gasteiger partial charge on any atom is 0.110 e. The summed E-state index contributed by atoms with van der Waals surface area (Å²) in [7, 11) is 0. The summed E-state index contributed by atoms with van der Waals surface area (Å²) < 4.78 is 5.61. The first-order valence-electron chi connectivity index (χ1n) is 4.93. The van der Waals surface area contributed by atoms with Crippen LogP contribution in [0.5, 0.6) is 0 Å². The van der Waals surface area contributed by atoms with E-state index in [1.54, 1.807) is 5.57 Å². The fourth-order valence-electron chi connectivity index (χ4n) is 2.72. The molecule has 2 atom stereocenters. The summed E-state index contributed by atoms with van der Waals surface area (Å²) in [4.78, 5) is 0. The lowest BCUT2D eigenvalue weighted by Crippen LogP contribution is -2.16. The highest BCUT2D eigenvalue weighted by Gasteiger charge is 2.49. The van der Waals surface area contributed by atoms with Crippen LogP contribution in [0.3, 0.4) is 0 Å². The molecule has 1 nitrogen and oxygen atoms in total. The molecule has 2 unspecified atom stereocenters. The Morgan fingerprint density at radius 3 is 2.92 bits per heavy atom. The number of rotatable bonds is 0. The molecule has 64 valence electrons. The fourth-order valence-corrected chi connectivity index (χ4v) is 2.72. The molecule has 1 aromatic rings. The number of benzene rings is 1. The van der Waals surface area contributed by atoms with Gasteiger partial charge in [-0.15, -0.1) is 0 Å². The van der Waals surface area contributed by atoms with E-state index < -0.39 is 0 Å². The van der Waals surface area contributed by atoms with Gasteiger partial charge < -0.3 is 4.74 Å². The molecule has 3 aliphatic rings. The predicted molar refractivity (Wildman–Crippen MR) is 51.2 cm³/mol. The molecular weight excluding hydrogens is 160 g/mol. The quantitative estimate of drug-likeness (QED) is 0.545. The topological polar surface area (TPSA) is 12.5 Å². The van der Waals surface area contributed by atoms with Crippen molar-refractivity contribution in [1.29, 1.82) is 0 Å². The molecule has 0 radical (unpaired) electrons. The molecule has 4 rings (SSSR count). The Hall–Kier alpha value is -1.08. The van der Waals surface area contributed by atoms with E-state index in [4.69, 9.17) is 4.74 Å². The average Bonchev–Trinajstić information content (AvgIpc) is 2.89. The third-order valence-corrected chi connectivity index (χ3v) is 3.41. The minimum atomic E-state index is 0.471. The molecule has 0 spiro atoms. The van der Waals surface area contributed by atoms with Gasteiger partial charge in [0.25, 0.3) is 0 Å². The number of hydrogen-bond acceptors (Lipinski definition) is 1. The molecule has 0 N–H and O–H groups in total. The van der Waals surface area contributed by atoms with E-state index >= 15 is 0 Å². The number of allylic oxidation sites excluding steroid dienone is 1. The molecule has 0 amide bonds. The Labute approximate surface area is 77.0 Å². The number of fused-ring (bicyclic) bond motifs is 5. The SMILES string of the molecule is c1ccc2c(c1)C1=C2C2OC2CC1. The van der Waals surface area contributed by atoms with E-state index in [9.17, 15) is 0 Å². The molecule has 2 aliphatic carbocycles. The third kappa shape index (κ3) is 0.637. The van der Waals surface area contributed by atoms with Crippen molar-refractivity contribution in [2.75, 3.05) is 0 Å². The largest absolute Gasteiger partial charge is 0.364 e. The maximum atomic E-state index is 5.61. The van der Waals surface area contributed by atoms with E-state index in [2.05, 4.69) is 24.3 Å². The highest BCUT2D eigenvalue weighted by atomic mass is 16.6. The summed E-state index contributed by atoms with van der Waals surface area (Å²) in [6.45, 7) is 0. The first kappa shape index (κ1) is 6.39. The fraction of sp³-hybridized carbons (Fsp3) is 0.333. The normalized spacial score (nSPS) is 32.9. The van der Waals surface area contributed by atoms with Gasteiger partial charge >= 0.3 is 0 Å². The number of epoxide rings is 1. The average molecular weight is 170 g/mol. The van der Waals surface area contributed by atoms with Gasteiger partial charge in [-0.3, -0.25) is 0 Å². The summed E-state index contributed by atoms with van der Waals surface area (Å²) >= 11 is 0. The van der Waals surface area contributed by atoms with Crippen LogP contribution in [-0.2, 0) is 4.74 Å². The second kappa shape index (κ2) is 1.88. The van der Waals surface area contributed by atoms with Gasteiger partial charge in [0.2, 0.25) is 0 Å². The molecule has 1 aromatic carbocycles. The summed E-state index contributed by atoms with van der Waals surface area (Å²) in [5.41, 5.74) is 6.03. The van der Waals surface area contributed by atoms with Gasteiger partial charge in [-0.1, -0.05) is 24.3 Å². The van der Waals surface area contributed by atoms with E-state index in [0.29, 0.717) is 12.2 Å². The van der Waals surface area contributed by atoms with Crippen LogP contribution < -0.4 is 0 Å². The van der Waals surface area contributed by atoms with Gasteiger partial charge in [-0.25, -0.2) is 0 Å². The minimum absolute atomic E-state index is 0.471. The Morgan fingerprint density at radius 2 is 2.00 bits per heavy atom. The maximum absolute atomic E-state index is 5.61. The van der Waals surface area contributed by atoms with Gasteiger partial charge in [0, 0.05) is 0 Å². The molecule has 1 heterocycles. The molecular formula is C12H10O. The summed E-state index contributed by atoms with van der Waals surface area (Å²) in [5, 5.41) is 0. The van der Waals surface area contributed by atoms with Crippen LogP contribution >= 0.6 is 0 Å². The monoisotopic (exact) mass is 170 g/mol. The van der Waals surface area contributed by atoms with Crippen LogP contribution in [0.25, 0.3) is 11.1 Å². The lowest BCUT2D eigenvalue weighted by molar-refractivity contribution is 0.387. The zero-order chi connectivity index (χ0) is 8.41. The van der Waals surface area contributed by atoms with E-state index in [1.165, 1.54) is 29.5 Å². The van der Waals surface area contributed by atoms with Gasteiger partial charge in [0.15, 0.2) is 0 Å². The summed E-state index contributed by atoms with van der Waals surface area (Å²) in [5.74, 6) is 0. The van der Waals surface area contributed by atoms with Crippen molar-refractivity contribution >= 4 is 11.1 Å².